The summed E-state index contributed by atoms with van der Waals surface area (Å²) in [5, 5.41) is 27.2. The number of carboxylic acid groups (broad SMARTS) is 1. The molecular formula is C22H43NO4. The van der Waals surface area contributed by atoms with Crippen LogP contribution in [0.5, 0.6) is 0 Å². The normalized spacial score (nSPS) is 12.9. The smallest absolute Gasteiger partial charge is 0.303 e. The number of aliphatic hydroxyl groups is 2. The predicted octanol–water partition coefficient (Wildman–Crippen LogP) is 4.37. The number of hydrogen-bond donors (Lipinski definition) is 3. The number of carbonyl (C=O) groups is 1. The van der Waals surface area contributed by atoms with E-state index in [1.165, 1.54) is 32.1 Å². The van der Waals surface area contributed by atoms with Gasteiger partial charge in [0.05, 0.1) is 13.2 Å². The van der Waals surface area contributed by atoms with Gasteiger partial charge in [-0.3, -0.25) is 9.69 Å². The van der Waals surface area contributed by atoms with Gasteiger partial charge < -0.3 is 15.3 Å². The molecule has 160 valence electrons. The minimum absolute atomic E-state index is 0.145. The first-order chi connectivity index (χ1) is 13.2. The van der Waals surface area contributed by atoms with Gasteiger partial charge in [-0.1, -0.05) is 57.6 Å². The lowest BCUT2D eigenvalue weighted by molar-refractivity contribution is -0.137. The number of unbranched alkanes of at least 4 members (excludes halogenated alkanes) is 7. The Bertz CT molecular complexity index is 354. The summed E-state index contributed by atoms with van der Waals surface area (Å²) in [5.41, 5.74) is 0. The Hall–Kier alpha value is -0.910. The second-order valence-corrected chi connectivity index (χ2v) is 7.38. The molecule has 0 saturated heterocycles. The van der Waals surface area contributed by atoms with Gasteiger partial charge in [0.1, 0.15) is 0 Å². The molecular weight excluding hydrogens is 342 g/mol. The van der Waals surface area contributed by atoms with Gasteiger partial charge in [0.15, 0.2) is 0 Å². The van der Waals surface area contributed by atoms with Crippen LogP contribution in [-0.4, -0.2) is 58.5 Å². The standard InChI is InChI=1S/C22H43NO4/c1-2-3-11-14-21(23(17-19-24)18-20-25)15-12-9-7-5-4-6-8-10-13-16-22(26)27/h7,9,21,24-25H,2-6,8,10-20H2,1H3,(H,26,27)/b9-7-. The van der Waals surface area contributed by atoms with Crippen molar-refractivity contribution in [3.05, 3.63) is 12.2 Å². The Morgan fingerprint density at radius 3 is 2.11 bits per heavy atom. The minimum atomic E-state index is -0.692. The summed E-state index contributed by atoms with van der Waals surface area (Å²) in [7, 11) is 0. The highest BCUT2D eigenvalue weighted by atomic mass is 16.4. The van der Waals surface area contributed by atoms with Gasteiger partial charge in [-0.05, 0) is 38.5 Å². The number of hydrogen-bond acceptors (Lipinski definition) is 4. The zero-order valence-corrected chi connectivity index (χ0v) is 17.4. The van der Waals surface area contributed by atoms with E-state index >= 15 is 0 Å². The highest BCUT2D eigenvalue weighted by Crippen LogP contribution is 2.16. The molecule has 0 aliphatic carbocycles. The van der Waals surface area contributed by atoms with Crippen LogP contribution in [0.25, 0.3) is 0 Å². The van der Waals surface area contributed by atoms with Gasteiger partial charge >= 0.3 is 5.97 Å². The first-order valence-corrected chi connectivity index (χ1v) is 11.0. The van der Waals surface area contributed by atoms with Crippen molar-refractivity contribution in [1.82, 2.24) is 4.90 Å². The number of aliphatic carboxylic acids is 1. The molecule has 0 aromatic carbocycles. The van der Waals surface area contributed by atoms with Gasteiger partial charge in [-0.25, -0.2) is 0 Å². The van der Waals surface area contributed by atoms with Crippen molar-refractivity contribution in [3.63, 3.8) is 0 Å². The molecule has 27 heavy (non-hydrogen) atoms. The Balaban J connectivity index is 3.97. The van der Waals surface area contributed by atoms with E-state index in [2.05, 4.69) is 24.0 Å². The largest absolute Gasteiger partial charge is 0.481 e. The van der Waals surface area contributed by atoms with Crippen molar-refractivity contribution in [1.29, 1.82) is 0 Å². The molecule has 3 N–H and O–H groups in total. The van der Waals surface area contributed by atoms with Crippen LogP contribution in [0.4, 0.5) is 0 Å². The Morgan fingerprint density at radius 2 is 1.48 bits per heavy atom. The average Bonchev–Trinajstić information content (AvgIpc) is 2.64. The highest BCUT2D eigenvalue weighted by Gasteiger charge is 2.16. The quantitative estimate of drug-likeness (QED) is 0.214. The molecule has 1 unspecified atom stereocenters. The van der Waals surface area contributed by atoms with Crippen LogP contribution >= 0.6 is 0 Å². The maximum absolute atomic E-state index is 10.4. The fraction of sp³-hybridized carbons (Fsp3) is 0.864. The van der Waals surface area contributed by atoms with E-state index in [-0.39, 0.29) is 13.2 Å². The van der Waals surface area contributed by atoms with E-state index in [4.69, 9.17) is 5.11 Å². The lowest BCUT2D eigenvalue weighted by Gasteiger charge is -2.30. The molecule has 0 spiro atoms. The lowest BCUT2D eigenvalue weighted by Crippen LogP contribution is -2.39. The van der Waals surface area contributed by atoms with Gasteiger partial charge in [0.2, 0.25) is 0 Å². The van der Waals surface area contributed by atoms with Gasteiger partial charge in [-0.15, -0.1) is 0 Å². The molecule has 0 radical (unpaired) electrons. The molecule has 0 saturated carbocycles. The van der Waals surface area contributed by atoms with Gasteiger partial charge in [0.25, 0.3) is 0 Å². The second-order valence-electron chi connectivity index (χ2n) is 7.38. The van der Waals surface area contributed by atoms with E-state index in [0.717, 1.165) is 44.9 Å². The minimum Gasteiger partial charge on any atom is -0.481 e. The summed E-state index contributed by atoms with van der Waals surface area (Å²) in [6.45, 7) is 3.79. The van der Waals surface area contributed by atoms with Crippen molar-refractivity contribution >= 4 is 5.97 Å². The topological polar surface area (TPSA) is 81.0 Å². The van der Waals surface area contributed by atoms with Crippen LogP contribution in [0, 0.1) is 0 Å². The number of nitrogens with zero attached hydrogens (tertiary/aromatic N) is 1. The summed E-state index contributed by atoms with van der Waals surface area (Å²) in [4.78, 5) is 12.7. The van der Waals surface area contributed by atoms with Crippen LogP contribution in [0.3, 0.4) is 0 Å². The summed E-state index contributed by atoms with van der Waals surface area (Å²) in [6.07, 6.45) is 18.1. The van der Waals surface area contributed by atoms with Crippen LogP contribution in [0.1, 0.15) is 90.4 Å². The summed E-state index contributed by atoms with van der Waals surface area (Å²) in [6, 6.07) is 0.440. The third-order valence-corrected chi connectivity index (χ3v) is 5.03. The molecule has 5 heteroatoms. The number of allylic oxidation sites excluding steroid dienone is 2. The number of carboxylic acids is 1. The van der Waals surface area contributed by atoms with Crippen molar-refractivity contribution in [2.45, 2.75) is 96.4 Å². The monoisotopic (exact) mass is 385 g/mol. The van der Waals surface area contributed by atoms with Gasteiger partial charge in [0, 0.05) is 25.6 Å². The molecule has 0 aliphatic rings. The molecule has 0 aromatic heterocycles. The van der Waals surface area contributed by atoms with E-state index in [9.17, 15) is 15.0 Å². The first-order valence-electron chi connectivity index (χ1n) is 11.0. The van der Waals surface area contributed by atoms with Crippen LogP contribution in [-0.2, 0) is 4.79 Å². The molecule has 0 aliphatic heterocycles. The predicted molar refractivity (Wildman–Crippen MR) is 112 cm³/mol. The van der Waals surface area contributed by atoms with Crippen molar-refractivity contribution in [2.75, 3.05) is 26.3 Å². The van der Waals surface area contributed by atoms with E-state index < -0.39 is 5.97 Å². The second kappa shape index (κ2) is 19.8. The van der Waals surface area contributed by atoms with E-state index in [1.807, 2.05) is 0 Å². The van der Waals surface area contributed by atoms with Crippen LogP contribution in [0.15, 0.2) is 12.2 Å². The van der Waals surface area contributed by atoms with E-state index in [0.29, 0.717) is 25.6 Å². The maximum atomic E-state index is 10.4. The van der Waals surface area contributed by atoms with Crippen molar-refractivity contribution in [3.8, 4) is 0 Å². The first kappa shape index (κ1) is 26.1. The number of rotatable bonds is 20. The Morgan fingerprint density at radius 1 is 0.852 bits per heavy atom. The molecule has 0 amide bonds. The molecule has 1 atom stereocenters. The molecule has 0 rings (SSSR count). The molecule has 0 aromatic rings. The van der Waals surface area contributed by atoms with E-state index in [1.54, 1.807) is 0 Å². The van der Waals surface area contributed by atoms with Crippen LogP contribution < -0.4 is 0 Å². The highest BCUT2D eigenvalue weighted by molar-refractivity contribution is 5.66. The molecule has 0 bridgehead atoms. The average molecular weight is 386 g/mol. The van der Waals surface area contributed by atoms with Crippen LogP contribution in [0.2, 0.25) is 0 Å². The fourth-order valence-corrected chi connectivity index (χ4v) is 3.47. The zero-order chi connectivity index (χ0) is 20.2. The SMILES string of the molecule is CCCCCC(CC/C=C\CCCCCCCC(=O)O)N(CCO)CCO. The third kappa shape index (κ3) is 17.0. The molecule has 0 fully saturated rings. The summed E-state index contributed by atoms with van der Waals surface area (Å²) < 4.78 is 0. The van der Waals surface area contributed by atoms with Crippen molar-refractivity contribution < 1.29 is 20.1 Å². The van der Waals surface area contributed by atoms with Gasteiger partial charge in [-0.2, -0.15) is 0 Å². The summed E-state index contributed by atoms with van der Waals surface area (Å²) in [5.74, 6) is -0.692. The third-order valence-electron chi connectivity index (χ3n) is 5.03. The fourth-order valence-electron chi connectivity index (χ4n) is 3.47. The lowest BCUT2D eigenvalue weighted by atomic mass is 10.0. The number of aliphatic hydroxyl groups excluding tert-OH is 2. The molecule has 5 nitrogen and oxygen atoms in total. The maximum Gasteiger partial charge on any atom is 0.303 e. The Labute approximate surface area is 166 Å². The van der Waals surface area contributed by atoms with Crippen molar-refractivity contribution in [2.24, 2.45) is 0 Å². The summed E-state index contributed by atoms with van der Waals surface area (Å²) >= 11 is 0. The Kier molecular flexibility index (Phi) is 19.2. The molecule has 0 heterocycles. The zero-order valence-electron chi connectivity index (χ0n) is 17.4.